The third kappa shape index (κ3) is 2.68. The lowest BCUT2D eigenvalue weighted by molar-refractivity contribution is 0.0591. The highest BCUT2D eigenvalue weighted by Gasteiger charge is 2.38. The van der Waals surface area contributed by atoms with Crippen LogP contribution in [-0.2, 0) is 6.54 Å². The number of carbonyl (C=O) groups is 1. The monoisotopic (exact) mass is 284 g/mol. The van der Waals surface area contributed by atoms with E-state index in [9.17, 15) is 4.79 Å². The lowest BCUT2D eigenvalue weighted by Crippen LogP contribution is -2.57. The maximum absolute atomic E-state index is 12.8. The average molecular weight is 285 g/mol. The molecule has 1 N–H and O–H groups in total. The van der Waals surface area contributed by atoms with E-state index < -0.39 is 5.54 Å². The van der Waals surface area contributed by atoms with Crippen LogP contribution in [0.3, 0.4) is 0 Å². The molecule has 0 atom stereocenters. The number of aryl methyl sites for hydroxylation is 1. The molecule has 0 aliphatic carbocycles. The van der Waals surface area contributed by atoms with Crippen molar-refractivity contribution in [2.75, 3.05) is 26.2 Å². The van der Waals surface area contributed by atoms with Crippen molar-refractivity contribution in [1.29, 1.82) is 0 Å². The van der Waals surface area contributed by atoms with Gasteiger partial charge in [0.15, 0.2) is 0 Å². The Balaban J connectivity index is 2.28. The number of halogens is 1. The van der Waals surface area contributed by atoms with E-state index in [0.717, 1.165) is 26.2 Å². The van der Waals surface area contributed by atoms with Gasteiger partial charge in [-0.15, -0.1) is 0 Å². The number of carbonyl (C=O) groups excluding carboxylic acids is 1. The van der Waals surface area contributed by atoms with Gasteiger partial charge in [0.25, 0.3) is 0 Å². The molecule has 2 heterocycles. The van der Waals surface area contributed by atoms with E-state index in [1.807, 2.05) is 20.8 Å². The van der Waals surface area contributed by atoms with Crippen LogP contribution in [0.1, 0.15) is 31.3 Å². The molecule has 19 heavy (non-hydrogen) atoms. The van der Waals surface area contributed by atoms with Crippen molar-refractivity contribution >= 4 is 17.4 Å². The van der Waals surface area contributed by atoms with Crippen molar-refractivity contribution in [3.05, 3.63) is 16.9 Å². The first kappa shape index (κ1) is 14.5. The van der Waals surface area contributed by atoms with Crippen molar-refractivity contribution in [2.24, 2.45) is 0 Å². The summed E-state index contributed by atoms with van der Waals surface area (Å²) in [6.07, 6.45) is 1.55. The molecule has 6 heteroatoms. The minimum Gasteiger partial charge on any atom is -0.314 e. The normalized spacial score (nSPS) is 17.7. The molecule has 1 aromatic heterocycles. The van der Waals surface area contributed by atoms with Gasteiger partial charge in [-0.1, -0.05) is 11.6 Å². The van der Waals surface area contributed by atoms with Crippen molar-refractivity contribution in [3.8, 4) is 0 Å². The second kappa shape index (κ2) is 5.61. The largest absolute Gasteiger partial charge is 0.314 e. The number of hydrogen-bond acceptors (Lipinski definition) is 4. The van der Waals surface area contributed by atoms with Crippen LogP contribution in [0.4, 0.5) is 0 Å². The smallest absolute Gasteiger partial charge is 0.201 e. The summed E-state index contributed by atoms with van der Waals surface area (Å²) in [5.41, 5.74) is -0.0358. The number of ketones is 1. The van der Waals surface area contributed by atoms with E-state index in [1.165, 1.54) is 0 Å². The first-order valence-corrected chi connectivity index (χ1v) is 7.08. The van der Waals surface area contributed by atoms with Crippen LogP contribution in [0.25, 0.3) is 0 Å². The van der Waals surface area contributed by atoms with Crippen LogP contribution in [-0.4, -0.2) is 52.2 Å². The number of piperazine rings is 1. The second-order valence-corrected chi connectivity index (χ2v) is 5.69. The molecular weight excluding hydrogens is 264 g/mol. The third-order valence-corrected chi connectivity index (χ3v) is 4.05. The molecule has 0 saturated carbocycles. The van der Waals surface area contributed by atoms with Gasteiger partial charge in [-0.25, -0.2) is 0 Å². The molecule has 0 aromatic carbocycles. The predicted octanol–water partition coefficient (Wildman–Crippen LogP) is 1.42. The Bertz CT molecular complexity index is 463. The molecule has 1 aromatic rings. The van der Waals surface area contributed by atoms with E-state index in [-0.39, 0.29) is 5.78 Å². The molecule has 1 saturated heterocycles. The Hall–Kier alpha value is -0.910. The molecule has 1 fully saturated rings. The quantitative estimate of drug-likeness (QED) is 0.850. The van der Waals surface area contributed by atoms with Crippen LogP contribution in [0, 0.1) is 0 Å². The van der Waals surface area contributed by atoms with E-state index >= 15 is 0 Å². The van der Waals surface area contributed by atoms with Gasteiger partial charge in [0, 0.05) is 32.7 Å². The highest BCUT2D eigenvalue weighted by Crippen LogP contribution is 2.25. The first-order valence-electron chi connectivity index (χ1n) is 6.70. The van der Waals surface area contributed by atoms with Gasteiger partial charge in [-0.3, -0.25) is 14.4 Å². The first-order chi connectivity index (χ1) is 8.98. The number of Topliss-reactive ketones (excluding diaryl/α,β-unsaturated/α-hetero) is 1. The third-order valence-electron chi connectivity index (χ3n) is 3.77. The van der Waals surface area contributed by atoms with Crippen LogP contribution < -0.4 is 5.32 Å². The van der Waals surface area contributed by atoms with Gasteiger partial charge in [-0.05, 0) is 20.8 Å². The molecule has 0 spiro atoms. The zero-order valence-electron chi connectivity index (χ0n) is 11.7. The summed E-state index contributed by atoms with van der Waals surface area (Å²) in [7, 11) is 0. The lowest BCUT2D eigenvalue weighted by atomic mass is 9.93. The van der Waals surface area contributed by atoms with Crippen molar-refractivity contribution in [3.63, 3.8) is 0 Å². The number of rotatable bonds is 4. The van der Waals surface area contributed by atoms with Crippen molar-refractivity contribution in [1.82, 2.24) is 20.0 Å². The van der Waals surface area contributed by atoms with Gasteiger partial charge < -0.3 is 5.32 Å². The molecule has 0 bridgehead atoms. The summed E-state index contributed by atoms with van der Waals surface area (Å²) in [4.78, 5) is 15.0. The standard InChI is InChI=1S/C13H21ClN4O/c1-4-18-11(10(14)9-16-18)12(19)13(2,3)17-7-5-15-6-8-17/h9,15H,4-8H2,1-3H3. The van der Waals surface area contributed by atoms with Crippen LogP contribution in [0.2, 0.25) is 5.02 Å². The lowest BCUT2D eigenvalue weighted by Gasteiger charge is -2.39. The summed E-state index contributed by atoms with van der Waals surface area (Å²) in [5, 5.41) is 7.88. The van der Waals surface area contributed by atoms with E-state index in [4.69, 9.17) is 11.6 Å². The molecule has 1 aliphatic rings. The van der Waals surface area contributed by atoms with Gasteiger partial charge in [-0.2, -0.15) is 5.10 Å². The number of nitrogens with one attached hydrogen (secondary N) is 1. The number of hydrogen-bond donors (Lipinski definition) is 1. The molecule has 0 amide bonds. The maximum atomic E-state index is 12.8. The van der Waals surface area contributed by atoms with Crippen LogP contribution >= 0.6 is 11.6 Å². The summed E-state index contributed by atoms with van der Waals surface area (Å²) < 4.78 is 1.68. The Kier molecular flexibility index (Phi) is 4.28. The SMILES string of the molecule is CCn1ncc(Cl)c1C(=O)C(C)(C)N1CCNCC1. The Labute approximate surface area is 118 Å². The number of aromatic nitrogens is 2. The highest BCUT2D eigenvalue weighted by molar-refractivity contribution is 6.34. The van der Waals surface area contributed by atoms with Gasteiger partial charge in [0.1, 0.15) is 5.69 Å². The van der Waals surface area contributed by atoms with E-state index in [0.29, 0.717) is 17.3 Å². The highest BCUT2D eigenvalue weighted by atomic mass is 35.5. The minimum atomic E-state index is -0.557. The fourth-order valence-electron chi connectivity index (χ4n) is 2.49. The van der Waals surface area contributed by atoms with Crippen LogP contribution in [0.15, 0.2) is 6.20 Å². The summed E-state index contributed by atoms with van der Waals surface area (Å²) in [6, 6.07) is 0. The van der Waals surface area contributed by atoms with Gasteiger partial charge >= 0.3 is 0 Å². The topological polar surface area (TPSA) is 50.2 Å². The fraction of sp³-hybridized carbons (Fsp3) is 0.692. The molecular formula is C13H21ClN4O. The second-order valence-electron chi connectivity index (χ2n) is 5.28. The summed E-state index contributed by atoms with van der Waals surface area (Å²) >= 11 is 6.13. The van der Waals surface area contributed by atoms with Crippen molar-refractivity contribution < 1.29 is 4.79 Å². The average Bonchev–Trinajstić information content (AvgIpc) is 2.79. The minimum absolute atomic E-state index is 0.0405. The van der Waals surface area contributed by atoms with Gasteiger partial charge in [0.2, 0.25) is 5.78 Å². The zero-order valence-corrected chi connectivity index (χ0v) is 12.5. The van der Waals surface area contributed by atoms with E-state index in [2.05, 4.69) is 15.3 Å². The summed E-state index contributed by atoms with van der Waals surface area (Å²) in [6.45, 7) is 10.1. The Morgan fingerprint density at radius 3 is 2.68 bits per heavy atom. The Morgan fingerprint density at radius 1 is 1.47 bits per heavy atom. The number of nitrogens with zero attached hydrogens (tertiary/aromatic N) is 3. The zero-order chi connectivity index (χ0) is 14.0. The molecule has 1 aliphatic heterocycles. The molecule has 106 valence electrons. The maximum Gasteiger partial charge on any atom is 0.201 e. The van der Waals surface area contributed by atoms with Gasteiger partial charge in [0.05, 0.1) is 16.8 Å². The molecule has 5 nitrogen and oxygen atoms in total. The van der Waals surface area contributed by atoms with E-state index in [1.54, 1.807) is 10.9 Å². The van der Waals surface area contributed by atoms with Crippen LogP contribution in [0.5, 0.6) is 0 Å². The molecule has 0 radical (unpaired) electrons. The molecule has 2 rings (SSSR count). The van der Waals surface area contributed by atoms with Crippen molar-refractivity contribution in [2.45, 2.75) is 32.9 Å². The predicted molar refractivity (Wildman–Crippen MR) is 75.8 cm³/mol. The fourth-order valence-corrected chi connectivity index (χ4v) is 2.71. The Morgan fingerprint density at radius 2 is 2.11 bits per heavy atom. The summed E-state index contributed by atoms with van der Waals surface area (Å²) in [5.74, 6) is 0.0405. The molecule has 0 unspecified atom stereocenters.